The third-order valence-electron chi connectivity index (χ3n) is 1.13. The zero-order chi connectivity index (χ0) is 8.43. The van der Waals surface area contributed by atoms with E-state index >= 15 is 0 Å². The third-order valence-corrected chi connectivity index (χ3v) is 2.20. The van der Waals surface area contributed by atoms with E-state index in [1.165, 1.54) is 18.2 Å². The second-order valence-corrected chi connectivity index (χ2v) is 2.91. The van der Waals surface area contributed by atoms with Gasteiger partial charge in [-0.25, -0.2) is 4.39 Å². The van der Waals surface area contributed by atoms with Crippen LogP contribution in [0.3, 0.4) is 0 Å². The molecular weight excluding hydrogens is 264 g/mol. The molecule has 0 amide bonds. The average Bonchev–Trinajstić information content (AvgIpc) is 1.94. The number of rotatable bonds is 1. The topological polar surface area (TPSA) is 43.1 Å². The van der Waals surface area contributed by atoms with Gasteiger partial charge in [-0.1, -0.05) is 6.07 Å². The summed E-state index contributed by atoms with van der Waals surface area (Å²) in [5.74, 6) is -0.556. The van der Waals surface area contributed by atoms with Gasteiger partial charge in [0.15, 0.2) is 0 Å². The molecule has 0 aromatic heterocycles. The lowest BCUT2D eigenvalue weighted by Gasteiger charge is -1.94. The van der Waals surface area contributed by atoms with Gasteiger partial charge in [0, 0.05) is 6.07 Å². The highest BCUT2D eigenvalue weighted by Gasteiger charge is 2.13. The highest BCUT2D eigenvalue weighted by Crippen LogP contribution is 2.22. The second kappa shape index (κ2) is 3.12. The molecule has 0 aliphatic carbocycles. The van der Waals surface area contributed by atoms with Crippen molar-refractivity contribution >= 4 is 28.3 Å². The highest BCUT2D eigenvalue weighted by atomic mass is 127. The standard InChI is InChI=1S/C6H3FINO2/c7-4-2-1-3-5(6(4)8)9(10)11/h1-3H. The van der Waals surface area contributed by atoms with Crippen LogP contribution >= 0.6 is 22.6 Å². The molecule has 0 fully saturated rings. The van der Waals surface area contributed by atoms with Crippen molar-refractivity contribution in [2.75, 3.05) is 0 Å². The first-order valence-corrected chi connectivity index (χ1v) is 3.79. The van der Waals surface area contributed by atoms with Gasteiger partial charge in [0.25, 0.3) is 5.69 Å². The molecule has 0 aliphatic heterocycles. The van der Waals surface area contributed by atoms with Crippen LogP contribution in [0.4, 0.5) is 10.1 Å². The zero-order valence-corrected chi connectivity index (χ0v) is 7.41. The fraction of sp³-hybridized carbons (Fsp3) is 0. The lowest BCUT2D eigenvalue weighted by molar-refractivity contribution is -0.386. The Balaban J connectivity index is 3.27. The van der Waals surface area contributed by atoms with Crippen LogP contribution in [-0.2, 0) is 0 Å². The summed E-state index contributed by atoms with van der Waals surface area (Å²) in [5, 5.41) is 10.2. The van der Waals surface area contributed by atoms with Gasteiger partial charge in [-0.05, 0) is 28.7 Å². The minimum absolute atomic E-state index is 0.0510. The fourth-order valence-corrected chi connectivity index (χ4v) is 1.19. The minimum Gasteiger partial charge on any atom is -0.258 e. The van der Waals surface area contributed by atoms with Gasteiger partial charge in [0.2, 0.25) is 0 Å². The number of nitrogens with zero attached hydrogens (tertiary/aromatic N) is 1. The Morgan fingerprint density at radius 3 is 2.64 bits per heavy atom. The Bertz CT molecular complexity index is 303. The summed E-state index contributed by atoms with van der Waals surface area (Å²) in [5.41, 5.74) is -0.189. The monoisotopic (exact) mass is 267 g/mol. The quantitative estimate of drug-likeness (QED) is 0.445. The molecule has 0 spiro atoms. The van der Waals surface area contributed by atoms with Crippen LogP contribution in [0, 0.1) is 19.5 Å². The Kier molecular flexibility index (Phi) is 2.38. The predicted octanol–water partition coefficient (Wildman–Crippen LogP) is 2.34. The van der Waals surface area contributed by atoms with Crippen molar-refractivity contribution in [3.63, 3.8) is 0 Å². The van der Waals surface area contributed by atoms with Gasteiger partial charge in [0.1, 0.15) is 9.39 Å². The Hall–Kier alpha value is -0.720. The number of halogens is 2. The first-order chi connectivity index (χ1) is 5.13. The Morgan fingerprint density at radius 2 is 2.18 bits per heavy atom. The second-order valence-electron chi connectivity index (χ2n) is 1.83. The molecule has 11 heavy (non-hydrogen) atoms. The van der Waals surface area contributed by atoms with Gasteiger partial charge < -0.3 is 0 Å². The van der Waals surface area contributed by atoms with Gasteiger partial charge in [-0.3, -0.25) is 10.1 Å². The summed E-state index contributed by atoms with van der Waals surface area (Å²) in [7, 11) is 0. The molecule has 1 aromatic rings. The minimum atomic E-state index is -0.606. The third kappa shape index (κ3) is 1.65. The van der Waals surface area contributed by atoms with E-state index in [1.807, 2.05) is 0 Å². The first-order valence-electron chi connectivity index (χ1n) is 2.71. The first kappa shape index (κ1) is 8.38. The van der Waals surface area contributed by atoms with E-state index in [4.69, 9.17) is 0 Å². The number of nitro benzene ring substituents is 1. The van der Waals surface area contributed by atoms with Crippen molar-refractivity contribution in [2.45, 2.75) is 0 Å². The maximum Gasteiger partial charge on any atom is 0.285 e. The summed E-state index contributed by atoms with van der Waals surface area (Å²) in [6, 6.07) is 3.77. The van der Waals surface area contributed by atoms with Crippen molar-refractivity contribution in [1.82, 2.24) is 0 Å². The lowest BCUT2D eigenvalue weighted by Crippen LogP contribution is -1.93. The number of nitro groups is 1. The molecule has 0 unspecified atom stereocenters. The molecular formula is C6H3FINO2. The molecule has 0 saturated carbocycles. The molecule has 5 heteroatoms. The molecule has 1 rings (SSSR count). The van der Waals surface area contributed by atoms with Gasteiger partial charge in [-0.15, -0.1) is 0 Å². The van der Waals surface area contributed by atoms with E-state index in [-0.39, 0.29) is 9.26 Å². The molecule has 0 N–H and O–H groups in total. The predicted molar refractivity (Wildman–Crippen MR) is 45.8 cm³/mol. The maximum atomic E-state index is 12.6. The lowest BCUT2D eigenvalue weighted by atomic mass is 10.3. The van der Waals surface area contributed by atoms with Crippen LogP contribution in [0.2, 0.25) is 0 Å². The van der Waals surface area contributed by atoms with Crippen molar-refractivity contribution in [2.24, 2.45) is 0 Å². The molecule has 0 radical (unpaired) electrons. The summed E-state index contributed by atoms with van der Waals surface area (Å²) < 4.78 is 12.7. The Labute approximate surface area is 75.5 Å². The van der Waals surface area contributed by atoms with Crippen molar-refractivity contribution in [1.29, 1.82) is 0 Å². The average molecular weight is 267 g/mol. The summed E-state index contributed by atoms with van der Waals surface area (Å²) in [6.45, 7) is 0. The molecule has 0 bridgehead atoms. The van der Waals surface area contributed by atoms with Gasteiger partial charge in [-0.2, -0.15) is 0 Å². The van der Waals surface area contributed by atoms with Crippen LogP contribution in [0.1, 0.15) is 0 Å². The molecule has 0 heterocycles. The number of hydrogen-bond donors (Lipinski definition) is 0. The van der Waals surface area contributed by atoms with Crippen LogP contribution in [0.5, 0.6) is 0 Å². The zero-order valence-electron chi connectivity index (χ0n) is 5.25. The largest absolute Gasteiger partial charge is 0.285 e. The normalized spacial score (nSPS) is 9.64. The van der Waals surface area contributed by atoms with Gasteiger partial charge >= 0.3 is 0 Å². The number of benzene rings is 1. The summed E-state index contributed by atoms with van der Waals surface area (Å²) in [6.07, 6.45) is 0. The molecule has 58 valence electrons. The molecule has 0 atom stereocenters. The maximum absolute atomic E-state index is 12.6. The van der Waals surface area contributed by atoms with E-state index in [9.17, 15) is 14.5 Å². The van der Waals surface area contributed by atoms with E-state index in [0.717, 1.165) is 0 Å². The molecule has 1 aromatic carbocycles. The summed E-state index contributed by atoms with van der Waals surface area (Å²) >= 11 is 1.60. The molecule has 0 aliphatic rings. The van der Waals surface area contributed by atoms with E-state index in [1.54, 1.807) is 22.6 Å². The number of hydrogen-bond acceptors (Lipinski definition) is 2. The SMILES string of the molecule is O=[N+]([O-])c1cccc(F)c1I. The van der Waals surface area contributed by atoms with Crippen molar-refractivity contribution in [3.8, 4) is 0 Å². The van der Waals surface area contributed by atoms with Crippen molar-refractivity contribution < 1.29 is 9.31 Å². The Morgan fingerprint density at radius 1 is 1.55 bits per heavy atom. The van der Waals surface area contributed by atoms with E-state index < -0.39 is 10.7 Å². The molecule has 3 nitrogen and oxygen atoms in total. The molecule has 0 saturated heterocycles. The van der Waals surface area contributed by atoms with Crippen LogP contribution < -0.4 is 0 Å². The van der Waals surface area contributed by atoms with Crippen LogP contribution in [0.25, 0.3) is 0 Å². The van der Waals surface area contributed by atoms with Crippen molar-refractivity contribution in [3.05, 3.63) is 37.7 Å². The smallest absolute Gasteiger partial charge is 0.258 e. The van der Waals surface area contributed by atoms with E-state index in [2.05, 4.69) is 0 Å². The van der Waals surface area contributed by atoms with E-state index in [0.29, 0.717) is 0 Å². The van der Waals surface area contributed by atoms with Crippen LogP contribution in [-0.4, -0.2) is 4.92 Å². The van der Waals surface area contributed by atoms with Crippen LogP contribution in [0.15, 0.2) is 18.2 Å². The fourth-order valence-electron chi connectivity index (χ4n) is 0.633. The summed E-state index contributed by atoms with van der Waals surface area (Å²) in [4.78, 5) is 9.60. The van der Waals surface area contributed by atoms with Gasteiger partial charge in [0.05, 0.1) is 4.92 Å². The highest BCUT2D eigenvalue weighted by molar-refractivity contribution is 14.1.